The number of ether oxygens (including phenoxy) is 1. The van der Waals surface area contributed by atoms with Crippen molar-refractivity contribution in [2.24, 2.45) is 0 Å². The second-order valence-electron chi connectivity index (χ2n) is 8.19. The number of aliphatic carboxylic acids is 2. The first-order valence-corrected chi connectivity index (χ1v) is 13.0. The third kappa shape index (κ3) is 7.23. The van der Waals surface area contributed by atoms with Crippen molar-refractivity contribution in [3.63, 3.8) is 0 Å². The van der Waals surface area contributed by atoms with Crippen LogP contribution in [0.15, 0.2) is 71.6 Å². The number of morpholine rings is 1. The number of carbonyl (C=O) groups is 3. The molecule has 2 aliphatic heterocycles. The molecule has 1 amide bonds. The fourth-order valence-electron chi connectivity index (χ4n) is 4.06. The smallest absolute Gasteiger partial charge is 0.328 e. The van der Waals surface area contributed by atoms with Gasteiger partial charge in [0.2, 0.25) is 0 Å². The van der Waals surface area contributed by atoms with Crippen molar-refractivity contribution in [1.29, 1.82) is 0 Å². The van der Waals surface area contributed by atoms with E-state index in [1.54, 1.807) is 18.2 Å². The van der Waals surface area contributed by atoms with Crippen LogP contribution in [0.3, 0.4) is 0 Å². The van der Waals surface area contributed by atoms with Crippen LogP contribution < -0.4 is 0 Å². The molecule has 2 heterocycles. The SMILES string of the molecule is O=C(O)/C=C/C(=O)O.O=C1c2ccccc2S(=O)(=O)CN1C(CCN1CCOCC1)c1ccccc1. The lowest BCUT2D eigenvalue weighted by atomic mass is 10.0. The van der Waals surface area contributed by atoms with Crippen LogP contribution in [0.2, 0.25) is 0 Å². The van der Waals surface area contributed by atoms with Crippen molar-refractivity contribution in [2.75, 3.05) is 38.7 Å². The van der Waals surface area contributed by atoms with E-state index in [0.29, 0.717) is 31.8 Å². The molecule has 4 rings (SSSR count). The van der Waals surface area contributed by atoms with Crippen molar-refractivity contribution in [3.8, 4) is 0 Å². The Morgan fingerprint density at radius 1 is 0.944 bits per heavy atom. The highest BCUT2D eigenvalue weighted by molar-refractivity contribution is 7.91. The Morgan fingerprint density at radius 3 is 2.14 bits per heavy atom. The molecule has 0 radical (unpaired) electrons. The van der Waals surface area contributed by atoms with E-state index in [1.165, 1.54) is 11.0 Å². The second kappa shape index (κ2) is 12.4. The lowest BCUT2D eigenvalue weighted by Gasteiger charge is -2.37. The van der Waals surface area contributed by atoms with Crippen molar-refractivity contribution in [1.82, 2.24) is 9.80 Å². The minimum Gasteiger partial charge on any atom is -0.478 e. The highest BCUT2D eigenvalue weighted by Crippen LogP contribution is 2.33. The molecule has 2 aliphatic rings. The number of amides is 1. The largest absolute Gasteiger partial charge is 0.478 e. The van der Waals surface area contributed by atoms with Gasteiger partial charge in [-0.2, -0.15) is 0 Å². The van der Waals surface area contributed by atoms with Gasteiger partial charge in [-0.3, -0.25) is 9.69 Å². The summed E-state index contributed by atoms with van der Waals surface area (Å²) in [5.41, 5.74) is 1.22. The van der Waals surface area contributed by atoms with Gasteiger partial charge in [-0.25, -0.2) is 18.0 Å². The molecule has 1 atom stereocenters. The first-order chi connectivity index (χ1) is 17.2. The van der Waals surface area contributed by atoms with Crippen LogP contribution in [0.4, 0.5) is 0 Å². The summed E-state index contributed by atoms with van der Waals surface area (Å²) in [7, 11) is -3.55. The number of fused-ring (bicyclic) bond motifs is 1. The average Bonchev–Trinajstić information content (AvgIpc) is 2.87. The maximum Gasteiger partial charge on any atom is 0.328 e. The van der Waals surface area contributed by atoms with E-state index in [4.69, 9.17) is 14.9 Å². The summed E-state index contributed by atoms with van der Waals surface area (Å²) in [5, 5.41) is 15.6. The number of benzene rings is 2. The molecule has 36 heavy (non-hydrogen) atoms. The highest BCUT2D eigenvalue weighted by Gasteiger charge is 2.38. The predicted molar refractivity (Wildman–Crippen MR) is 130 cm³/mol. The Bertz CT molecular complexity index is 1190. The van der Waals surface area contributed by atoms with Crippen LogP contribution in [-0.2, 0) is 24.2 Å². The molecule has 192 valence electrons. The number of carbonyl (C=O) groups excluding carboxylic acids is 1. The molecular weight excluding hydrogens is 488 g/mol. The van der Waals surface area contributed by atoms with Gasteiger partial charge in [0.25, 0.3) is 5.91 Å². The Morgan fingerprint density at radius 2 is 1.53 bits per heavy atom. The molecule has 0 saturated carbocycles. The molecule has 1 saturated heterocycles. The van der Waals surface area contributed by atoms with Crippen LogP contribution in [0.1, 0.15) is 28.4 Å². The van der Waals surface area contributed by atoms with Gasteiger partial charge in [0.1, 0.15) is 5.88 Å². The van der Waals surface area contributed by atoms with Crippen LogP contribution in [0, 0.1) is 0 Å². The summed E-state index contributed by atoms with van der Waals surface area (Å²) in [6, 6.07) is 15.9. The van der Waals surface area contributed by atoms with Crippen molar-refractivity contribution < 1.29 is 37.8 Å². The van der Waals surface area contributed by atoms with Crippen molar-refractivity contribution >= 4 is 27.7 Å². The lowest BCUT2D eigenvalue weighted by Crippen LogP contribution is -2.45. The van der Waals surface area contributed by atoms with Gasteiger partial charge in [0, 0.05) is 31.8 Å². The number of rotatable bonds is 7. The zero-order chi connectivity index (χ0) is 26.1. The van der Waals surface area contributed by atoms with E-state index < -0.39 is 21.8 Å². The number of sulfone groups is 1. The molecule has 11 heteroatoms. The quantitative estimate of drug-likeness (QED) is 0.529. The molecule has 2 N–H and O–H groups in total. The Labute approximate surface area is 209 Å². The zero-order valence-electron chi connectivity index (χ0n) is 19.5. The van der Waals surface area contributed by atoms with Crippen LogP contribution >= 0.6 is 0 Å². The molecule has 1 fully saturated rings. The van der Waals surface area contributed by atoms with Gasteiger partial charge in [-0.1, -0.05) is 42.5 Å². The van der Waals surface area contributed by atoms with Gasteiger partial charge < -0.3 is 19.8 Å². The Hall–Kier alpha value is -3.54. The van der Waals surface area contributed by atoms with E-state index in [1.807, 2.05) is 30.3 Å². The Balaban J connectivity index is 0.000000392. The fourth-order valence-corrected chi connectivity index (χ4v) is 5.64. The number of nitrogens with zero attached hydrogens (tertiary/aromatic N) is 2. The normalized spacial score (nSPS) is 18.1. The predicted octanol–water partition coefficient (Wildman–Crippen LogP) is 2.05. The Kier molecular flexibility index (Phi) is 9.34. The van der Waals surface area contributed by atoms with E-state index in [0.717, 1.165) is 25.2 Å². The average molecular weight is 517 g/mol. The fraction of sp³-hybridized carbons (Fsp3) is 0.320. The summed E-state index contributed by atoms with van der Waals surface area (Å²) < 4.78 is 31.1. The monoisotopic (exact) mass is 516 g/mol. The summed E-state index contributed by atoms with van der Waals surface area (Å²) in [6.07, 6.45) is 1.79. The maximum atomic E-state index is 13.2. The molecule has 0 bridgehead atoms. The molecule has 1 unspecified atom stereocenters. The second-order valence-corrected chi connectivity index (χ2v) is 10.1. The number of hydrogen-bond acceptors (Lipinski definition) is 7. The standard InChI is InChI=1S/C21H24N2O4S.C4H4O4/c24-21-18-8-4-5-9-20(18)28(25,26)16-23(21)19(17-6-2-1-3-7-17)10-11-22-12-14-27-15-13-22;5-3(6)1-2-4(7)8/h1-9,19H,10-16H2;1-2H,(H,5,6)(H,7,8)/b;2-1+. The van der Waals surface area contributed by atoms with E-state index in [9.17, 15) is 22.8 Å². The van der Waals surface area contributed by atoms with Gasteiger partial charge in [0.05, 0.1) is 29.7 Å². The van der Waals surface area contributed by atoms with Crippen LogP contribution in [-0.4, -0.2) is 85.0 Å². The lowest BCUT2D eigenvalue weighted by molar-refractivity contribution is -0.134. The number of carboxylic acids is 2. The van der Waals surface area contributed by atoms with Crippen molar-refractivity contribution in [2.45, 2.75) is 17.4 Å². The maximum absolute atomic E-state index is 13.2. The summed E-state index contributed by atoms with van der Waals surface area (Å²) in [6.45, 7) is 3.92. The number of carboxylic acid groups (broad SMARTS) is 2. The third-order valence-corrected chi connectivity index (χ3v) is 7.42. The zero-order valence-corrected chi connectivity index (χ0v) is 20.3. The van der Waals surface area contributed by atoms with Crippen molar-refractivity contribution in [3.05, 3.63) is 77.9 Å². The van der Waals surface area contributed by atoms with Gasteiger partial charge in [-0.05, 0) is 24.1 Å². The minimum absolute atomic E-state index is 0.135. The van der Waals surface area contributed by atoms with Gasteiger partial charge in [0.15, 0.2) is 9.84 Å². The first-order valence-electron chi connectivity index (χ1n) is 11.3. The van der Waals surface area contributed by atoms with E-state index in [2.05, 4.69) is 4.90 Å². The molecule has 0 aliphatic carbocycles. The van der Waals surface area contributed by atoms with Gasteiger partial charge >= 0.3 is 11.9 Å². The highest BCUT2D eigenvalue weighted by atomic mass is 32.2. The minimum atomic E-state index is -3.55. The summed E-state index contributed by atoms with van der Waals surface area (Å²) in [4.78, 5) is 36.3. The molecule has 2 aromatic rings. The topological polar surface area (TPSA) is 142 Å². The van der Waals surface area contributed by atoms with Crippen LogP contribution in [0.25, 0.3) is 0 Å². The molecule has 2 aromatic carbocycles. The third-order valence-electron chi connectivity index (χ3n) is 5.77. The van der Waals surface area contributed by atoms with Gasteiger partial charge in [-0.15, -0.1) is 0 Å². The first kappa shape index (κ1) is 27.1. The molecule has 10 nitrogen and oxygen atoms in total. The molecular formula is C25H28N2O8S. The summed E-state index contributed by atoms with van der Waals surface area (Å²) >= 11 is 0. The van der Waals surface area contributed by atoms with E-state index in [-0.39, 0.29) is 28.3 Å². The van der Waals surface area contributed by atoms with Crippen LogP contribution in [0.5, 0.6) is 0 Å². The van der Waals surface area contributed by atoms with E-state index >= 15 is 0 Å². The number of hydrogen-bond donors (Lipinski definition) is 2. The summed E-state index contributed by atoms with van der Waals surface area (Å²) in [5.74, 6) is -3.02. The molecule has 0 spiro atoms. The molecule has 0 aromatic heterocycles.